The second-order valence-electron chi connectivity index (χ2n) is 10.5. The van der Waals surface area contributed by atoms with E-state index in [9.17, 15) is 9.59 Å². The highest BCUT2D eigenvalue weighted by atomic mass is 16.5. The smallest absolute Gasteiger partial charge is 0.261 e. The quantitative estimate of drug-likeness (QED) is 0.393. The molecular formula is C32H39N3O3. The van der Waals surface area contributed by atoms with Crippen molar-refractivity contribution in [2.45, 2.75) is 65.5 Å². The number of ether oxygens (including phenoxy) is 1. The van der Waals surface area contributed by atoms with Crippen LogP contribution in [0, 0.1) is 12.8 Å². The van der Waals surface area contributed by atoms with E-state index in [4.69, 9.17) is 4.74 Å². The average Bonchev–Trinajstić information content (AvgIpc) is 2.91. The summed E-state index contributed by atoms with van der Waals surface area (Å²) in [6.07, 6.45) is 3.69. The number of nitrogens with one attached hydrogen (secondary N) is 1. The Balaban J connectivity index is 1.54. The molecule has 0 radical (unpaired) electrons. The molecule has 0 saturated heterocycles. The Morgan fingerprint density at radius 3 is 2.58 bits per heavy atom. The van der Waals surface area contributed by atoms with E-state index in [2.05, 4.69) is 61.4 Å². The topological polar surface area (TPSA) is 71.5 Å². The number of hydrogen-bond donors (Lipinski definition) is 1. The standard InChI is InChI=1S/C32H39N3O3/c1-5-29(32(37)34-18-15-26-8-6-7-17-33-26)38-27-14-13-24-16-19-35(30(36)20-22(2)3)31(28(24)21-27)25-11-9-23(4)10-12-25/h6-14,17,21-22,29,31H,5,15-16,18-20H2,1-4H3,(H,34,37)/t29-,31-/m1/s1. The Kier molecular flexibility index (Phi) is 9.16. The van der Waals surface area contributed by atoms with Crippen LogP contribution in [0.3, 0.4) is 0 Å². The number of nitrogens with zero attached hydrogens (tertiary/aromatic N) is 2. The van der Waals surface area contributed by atoms with Crippen molar-refractivity contribution in [2.75, 3.05) is 13.1 Å². The van der Waals surface area contributed by atoms with Crippen LogP contribution in [0.25, 0.3) is 0 Å². The number of aryl methyl sites for hydroxylation is 1. The average molecular weight is 514 g/mol. The van der Waals surface area contributed by atoms with Gasteiger partial charge in [-0.05, 0) is 66.6 Å². The normalized spacial score (nSPS) is 15.6. The zero-order chi connectivity index (χ0) is 27.1. The van der Waals surface area contributed by atoms with Crippen molar-refractivity contribution in [3.8, 4) is 5.75 Å². The number of pyridine rings is 1. The molecule has 6 heteroatoms. The molecule has 1 aliphatic rings. The van der Waals surface area contributed by atoms with Crippen LogP contribution < -0.4 is 10.1 Å². The zero-order valence-corrected chi connectivity index (χ0v) is 22.9. The summed E-state index contributed by atoms with van der Waals surface area (Å²) < 4.78 is 6.23. The molecule has 1 aliphatic heterocycles. The Hall–Kier alpha value is -3.67. The van der Waals surface area contributed by atoms with Crippen molar-refractivity contribution < 1.29 is 14.3 Å². The van der Waals surface area contributed by atoms with Gasteiger partial charge in [0.1, 0.15) is 5.75 Å². The lowest BCUT2D eigenvalue weighted by Gasteiger charge is -2.38. The zero-order valence-electron chi connectivity index (χ0n) is 22.9. The SMILES string of the molecule is CC[C@@H](Oc1ccc2c(c1)[C@@H](c1ccc(C)cc1)N(C(=O)CC(C)C)CC2)C(=O)NCCc1ccccn1. The van der Waals surface area contributed by atoms with Crippen molar-refractivity contribution in [2.24, 2.45) is 5.92 Å². The number of benzene rings is 2. The molecule has 2 amide bonds. The van der Waals surface area contributed by atoms with Gasteiger partial charge in [-0.15, -0.1) is 0 Å². The first-order valence-electron chi connectivity index (χ1n) is 13.7. The largest absolute Gasteiger partial charge is 0.481 e. The van der Waals surface area contributed by atoms with Gasteiger partial charge in [0, 0.05) is 37.8 Å². The number of rotatable bonds is 10. The Morgan fingerprint density at radius 2 is 1.89 bits per heavy atom. The second kappa shape index (κ2) is 12.7. The summed E-state index contributed by atoms with van der Waals surface area (Å²) in [5.74, 6) is 0.968. The van der Waals surface area contributed by atoms with E-state index in [1.807, 2.05) is 42.2 Å². The highest BCUT2D eigenvalue weighted by Crippen LogP contribution is 2.38. The fourth-order valence-corrected chi connectivity index (χ4v) is 4.97. The number of aromatic nitrogens is 1. The molecule has 0 aliphatic carbocycles. The van der Waals surface area contributed by atoms with Crippen LogP contribution in [-0.4, -0.2) is 40.9 Å². The summed E-state index contributed by atoms with van der Waals surface area (Å²) in [7, 11) is 0. The van der Waals surface area contributed by atoms with Crippen molar-refractivity contribution >= 4 is 11.8 Å². The third-order valence-electron chi connectivity index (χ3n) is 6.99. The predicted molar refractivity (Wildman–Crippen MR) is 150 cm³/mol. The molecule has 0 unspecified atom stereocenters. The van der Waals surface area contributed by atoms with Gasteiger partial charge in [0.2, 0.25) is 5.91 Å². The first-order chi connectivity index (χ1) is 18.4. The summed E-state index contributed by atoms with van der Waals surface area (Å²) in [6, 6.07) is 20.1. The van der Waals surface area contributed by atoms with Gasteiger partial charge in [-0.2, -0.15) is 0 Å². The molecule has 38 heavy (non-hydrogen) atoms. The van der Waals surface area contributed by atoms with Crippen LogP contribution in [0.15, 0.2) is 66.9 Å². The second-order valence-corrected chi connectivity index (χ2v) is 10.5. The summed E-state index contributed by atoms with van der Waals surface area (Å²) in [5, 5.41) is 2.99. The highest BCUT2D eigenvalue weighted by molar-refractivity contribution is 5.81. The van der Waals surface area contributed by atoms with E-state index in [1.54, 1.807) is 6.20 Å². The van der Waals surface area contributed by atoms with Crippen LogP contribution in [0.5, 0.6) is 5.75 Å². The molecule has 2 aromatic carbocycles. The molecule has 0 spiro atoms. The first kappa shape index (κ1) is 27.4. The molecule has 2 heterocycles. The number of fused-ring (bicyclic) bond motifs is 1. The van der Waals surface area contributed by atoms with E-state index in [1.165, 1.54) is 11.1 Å². The van der Waals surface area contributed by atoms with Gasteiger partial charge in [0.05, 0.1) is 6.04 Å². The van der Waals surface area contributed by atoms with Gasteiger partial charge in [0.25, 0.3) is 5.91 Å². The maximum atomic E-state index is 13.3. The van der Waals surface area contributed by atoms with E-state index >= 15 is 0 Å². The first-order valence-corrected chi connectivity index (χ1v) is 13.7. The van der Waals surface area contributed by atoms with Gasteiger partial charge in [-0.1, -0.05) is 62.7 Å². The fraction of sp³-hybridized carbons (Fsp3) is 0.406. The molecule has 1 aromatic heterocycles. The fourth-order valence-electron chi connectivity index (χ4n) is 4.97. The third-order valence-corrected chi connectivity index (χ3v) is 6.99. The monoisotopic (exact) mass is 513 g/mol. The van der Waals surface area contributed by atoms with Crippen molar-refractivity contribution in [1.82, 2.24) is 15.2 Å². The molecule has 2 atom stereocenters. The number of carbonyl (C=O) groups excluding carboxylic acids is 2. The lowest BCUT2D eigenvalue weighted by molar-refractivity contribution is -0.134. The molecule has 3 aromatic rings. The summed E-state index contributed by atoms with van der Waals surface area (Å²) in [5.41, 5.74) is 5.49. The van der Waals surface area contributed by atoms with Crippen molar-refractivity contribution in [3.05, 3.63) is 94.8 Å². The van der Waals surface area contributed by atoms with E-state index < -0.39 is 6.10 Å². The van der Waals surface area contributed by atoms with Crippen LogP contribution in [0.2, 0.25) is 0 Å². The van der Waals surface area contributed by atoms with E-state index in [-0.39, 0.29) is 17.9 Å². The minimum Gasteiger partial charge on any atom is -0.481 e. The number of hydrogen-bond acceptors (Lipinski definition) is 4. The Labute approximate surface area is 226 Å². The van der Waals surface area contributed by atoms with E-state index in [0.717, 1.165) is 23.2 Å². The Bertz CT molecular complexity index is 1220. The lowest BCUT2D eigenvalue weighted by atomic mass is 9.87. The lowest BCUT2D eigenvalue weighted by Crippen LogP contribution is -2.41. The van der Waals surface area contributed by atoms with Gasteiger partial charge in [0.15, 0.2) is 6.10 Å². The van der Waals surface area contributed by atoms with Gasteiger partial charge < -0.3 is 15.0 Å². The van der Waals surface area contributed by atoms with Gasteiger partial charge >= 0.3 is 0 Å². The molecule has 6 nitrogen and oxygen atoms in total. The molecule has 4 rings (SSSR count). The van der Waals surface area contributed by atoms with Crippen LogP contribution in [-0.2, 0) is 22.4 Å². The maximum Gasteiger partial charge on any atom is 0.261 e. The Morgan fingerprint density at radius 1 is 1.11 bits per heavy atom. The van der Waals surface area contributed by atoms with E-state index in [0.29, 0.717) is 44.0 Å². The van der Waals surface area contributed by atoms with Crippen LogP contribution in [0.1, 0.15) is 67.6 Å². The summed E-state index contributed by atoms with van der Waals surface area (Å²) in [4.78, 5) is 32.5. The molecule has 0 bridgehead atoms. The van der Waals surface area contributed by atoms with Crippen molar-refractivity contribution in [1.29, 1.82) is 0 Å². The minimum atomic E-state index is -0.600. The third kappa shape index (κ3) is 6.80. The van der Waals surface area contributed by atoms with Crippen LogP contribution in [0.4, 0.5) is 0 Å². The summed E-state index contributed by atoms with van der Waals surface area (Å²) in [6.45, 7) is 9.36. The number of carbonyl (C=O) groups is 2. The molecule has 0 saturated carbocycles. The minimum absolute atomic E-state index is 0.134. The summed E-state index contributed by atoms with van der Waals surface area (Å²) >= 11 is 0. The molecular weight excluding hydrogens is 474 g/mol. The molecule has 200 valence electrons. The van der Waals surface area contributed by atoms with Crippen molar-refractivity contribution in [3.63, 3.8) is 0 Å². The molecule has 1 N–H and O–H groups in total. The predicted octanol–water partition coefficient (Wildman–Crippen LogP) is 5.43. The maximum absolute atomic E-state index is 13.3. The highest BCUT2D eigenvalue weighted by Gasteiger charge is 2.33. The molecule has 0 fully saturated rings. The number of amides is 2. The van der Waals surface area contributed by atoms with Crippen LogP contribution >= 0.6 is 0 Å². The van der Waals surface area contributed by atoms with Gasteiger partial charge in [-0.3, -0.25) is 14.6 Å². The van der Waals surface area contributed by atoms with Gasteiger partial charge in [-0.25, -0.2) is 0 Å².